The quantitative estimate of drug-likeness (QED) is 0.860. The number of hydrogen-bond acceptors (Lipinski definition) is 5. The number of methoxy groups -OCH3 is 2. The second kappa shape index (κ2) is 6.24. The van der Waals surface area contributed by atoms with E-state index in [9.17, 15) is 9.59 Å². The molecule has 1 saturated heterocycles. The molecule has 1 aliphatic rings. The van der Waals surface area contributed by atoms with E-state index in [2.05, 4.69) is 5.32 Å². The number of hydrogen-bond donors (Lipinski definition) is 1. The van der Waals surface area contributed by atoms with Crippen molar-refractivity contribution in [1.29, 1.82) is 0 Å². The topological polar surface area (TPSA) is 64.6 Å². The lowest BCUT2D eigenvalue weighted by atomic mass is 9.93. The third kappa shape index (κ3) is 2.94. The Hall–Kier alpha value is -1.59. The first-order chi connectivity index (χ1) is 9.56. The minimum absolute atomic E-state index is 0.315. The van der Waals surface area contributed by atoms with Gasteiger partial charge in [0.15, 0.2) is 0 Å². The van der Waals surface area contributed by atoms with Crippen molar-refractivity contribution < 1.29 is 19.1 Å². The van der Waals surface area contributed by atoms with Gasteiger partial charge in [-0.3, -0.25) is 14.9 Å². The van der Waals surface area contributed by atoms with Crippen molar-refractivity contribution >= 4 is 23.5 Å². The van der Waals surface area contributed by atoms with Gasteiger partial charge in [0.05, 0.1) is 20.1 Å². The largest absolute Gasteiger partial charge is 0.469 e. The minimum Gasteiger partial charge on any atom is -0.469 e. The molecule has 1 fully saturated rings. The maximum Gasteiger partial charge on any atom is 0.322 e. The molecule has 6 heteroatoms. The number of carbonyl (C=O) groups is 2. The van der Waals surface area contributed by atoms with E-state index >= 15 is 0 Å². The highest BCUT2D eigenvalue weighted by molar-refractivity contribution is 6.30. The van der Waals surface area contributed by atoms with E-state index in [1.165, 1.54) is 14.2 Å². The van der Waals surface area contributed by atoms with Gasteiger partial charge >= 0.3 is 11.9 Å². The van der Waals surface area contributed by atoms with Crippen molar-refractivity contribution in [3.63, 3.8) is 0 Å². The van der Waals surface area contributed by atoms with Gasteiger partial charge in [0.2, 0.25) is 0 Å². The highest BCUT2D eigenvalue weighted by atomic mass is 35.5. The fourth-order valence-electron chi connectivity index (χ4n) is 2.51. The Bertz CT molecular complexity index is 520. The summed E-state index contributed by atoms with van der Waals surface area (Å²) in [6.07, 6.45) is 0.344. The summed E-state index contributed by atoms with van der Waals surface area (Å²) in [7, 11) is 2.66. The van der Waals surface area contributed by atoms with Gasteiger partial charge in [0.25, 0.3) is 0 Å². The zero-order valence-corrected chi connectivity index (χ0v) is 12.0. The molecule has 0 aromatic heterocycles. The van der Waals surface area contributed by atoms with Crippen LogP contribution < -0.4 is 5.32 Å². The second-order valence-corrected chi connectivity index (χ2v) is 5.08. The molecule has 0 saturated carbocycles. The molecule has 3 atom stereocenters. The molecule has 0 unspecified atom stereocenters. The molecule has 1 aromatic carbocycles. The maximum atomic E-state index is 11.9. The Morgan fingerprint density at radius 3 is 2.55 bits per heavy atom. The van der Waals surface area contributed by atoms with Gasteiger partial charge < -0.3 is 9.47 Å². The number of rotatable bonds is 3. The fourth-order valence-corrected chi connectivity index (χ4v) is 2.71. The number of halogens is 1. The monoisotopic (exact) mass is 297 g/mol. The molecule has 108 valence electrons. The van der Waals surface area contributed by atoms with Gasteiger partial charge in [-0.2, -0.15) is 0 Å². The zero-order valence-electron chi connectivity index (χ0n) is 11.3. The highest BCUT2D eigenvalue weighted by Crippen LogP contribution is 2.34. The molecular formula is C14H16ClNO4. The Morgan fingerprint density at radius 2 is 1.95 bits per heavy atom. The van der Waals surface area contributed by atoms with E-state index in [1.807, 2.05) is 6.07 Å². The summed E-state index contributed by atoms with van der Waals surface area (Å²) < 4.78 is 9.54. The van der Waals surface area contributed by atoms with Crippen molar-refractivity contribution in [1.82, 2.24) is 5.32 Å². The van der Waals surface area contributed by atoms with Crippen LogP contribution in [0.2, 0.25) is 5.02 Å². The smallest absolute Gasteiger partial charge is 0.322 e. The summed E-state index contributed by atoms with van der Waals surface area (Å²) in [5, 5.41) is 3.69. The minimum atomic E-state index is -0.520. The standard InChI is InChI=1S/C14H16ClNO4/c1-19-13(17)10-7-11(14(18)20-2)16-12(10)8-4-3-5-9(15)6-8/h3-6,10-12,16H,7H2,1-2H3/t10-,11-,12-/m1/s1. The van der Waals surface area contributed by atoms with Crippen molar-refractivity contribution in [2.75, 3.05) is 14.2 Å². The molecule has 2 rings (SSSR count). The van der Waals surface area contributed by atoms with Crippen LogP contribution in [0.5, 0.6) is 0 Å². The molecule has 0 aliphatic carbocycles. The van der Waals surface area contributed by atoms with E-state index in [-0.39, 0.29) is 18.0 Å². The normalized spacial score (nSPS) is 25.2. The first-order valence-electron chi connectivity index (χ1n) is 6.24. The SMILES string of the molecule is COC(=O)[C@H]1C[C@@H](C(=O)OC)[C@@H](c2cccc(Cl)c2)N1. The molecule has 1 heterocycles. The van der Waals surface area contributed by atoms with Crippen molar-refractivity contribution in [3.05, 3.63) is 34.9 Å². The lowest BCUT2D eigenvalue weighted by molar-refractivity contribution is -0.146. The zero-order chi connectivity index (χ0) is 14.7. The van der Waals surface area contributed by atoms with E-state index < -0.39 is 12.0 Å². The average molecular weight is 298 g/mol. The first-order valence-corrected chi connectivity index (χ1v) is 6.61. The molecule has 1 N–H and O–H groups in total. The highest BCUT2D eigenvalue weighted by Gasteiger charge is 2.43. The van der Waals surface area contributed by atoms with Crippen LogP contribution in [-0.4, -0.2) is 32.2 Å². The summed E-state index contributed by atoms with van der Waals surface area (Å²) in [4.78, 5) is 23.5. The van der Waals surface area contributed by atoms with Crippen LogP contribution in [0.25, 0.3) is 0 Å². The third-order valence-electron chi connectivity index (χ3n) is 3.47. The van der Waals surface area contributed by atoms with Crippen LogP contribution in [0.4, 0.5) is 0 Å². The van der Waals surface area contributed by atoms with Crippen LogP contribution in [0, 0.1) is 5.92 Å². The molecule has 1 aromatic rings. The molecule has 0 bridgehead atoms. The Morgan fingerprint density at radius 1 is 1.25 bits per heavy atom. The molecule has 1 aliphatic heterocycles. The predicted molar refractivity (Wildman–Crippen MR) is 73.3 cm³/mol. The number of carbonyl (C=O) groups excluding carboxylic acids is 2. The first kappa shape index (κ1) is 14.8. The summed E-state index contributed by atoms with van der Waals surface area (Å²) in [5.74, 6) is -1.18. The van der Waals surface area contributed by atoms with Crippen LogP contribution >= 0.6 is 11.6 Å². The van der Waals surface area contributed by atoms with Gasteiger partial charge in [-0.15, -0.1) is 0 Å². The predicted octanol–water partition coefficient (Wildman–Crippen LogP) is 1.71. The lowest BCUT2D eigenvalue weighted by Gasteiger charge is -2.18. The molecule has 20 heavy (non-hydrogen) atoms. The Labute approximate surface area is 122 Å². The van der Waals surface area contributed by atoms with Crippen molar-refractivity contribution in [2.45, 2.75) is 18.5 Å². The lowest BCUT2D eigenvalue weighted by Crippen LogP contribution is -2.33. The average Bonchev–Trinajstić information content (AvgIpc) is 2.90. The third-order valence-corrected chi connectivity index (χ3v) is 3.71. The molecule has 5 nitrogen and oxygen atoms in total. The number of ether oxygens (including phenoxy) is 2. The van der Waals surface area contributed by atoms with Crippen LogP contribution in [-0.2, 0) is 19.1 Å². The van der Waals surface area contributed by atoms with Gasteiger partial charge in [-0.05, 0) is 24.1 Å². The van der Waals surface area contributed by atoms with E-state index in [0.29, 0.717) is 11.4 Å². The summed E-state index contributed by atoms with van der Waals surface area (Å²) in [6, 6.07) is 6.36. The second-order valence-electron chi connectivity index (χ2n) is 4.64. The Kier molecular flexibility index (Phi) is 4.62. The summed E-state index contributed by atoms with van der Waals surface area (Å²) in [5.41, 5.74) is 0.847. The Balaban J connectivity index is 2.28. The number of nitrogens with one attached hydrogen (secondary N) is 1. The van der Waals surface area contributed by atoms with Gasteiger partial charge in [0.1, 0.15) is 6.04 Å². The van der Waals surface area contributed by atoms with Crippen LogP contribution in [0.15, 0.2) is 24.3 Å². The van der Waals surface area contributed by atoms with E-state index in [0.717, 1.165) is 5.56 Å². The van der Waals surface area contributed by atoms with Crippen LogP contribution in [0.1, 0.15) is 18.0 Å². The molecule has 0 amide bonds. The molecule has 0 radical (unpaired) electrons. The number of benzene rings is 1. The van der Waals surface area contributed by atoms with E-state index in [1.54, 1.807) is 18.2 Å². The van der Waals surface area contributed by atoms with E-state index in [4.69, 9.17) is 21.1 Å². The van der Waals surface area contributed by atoms with Gasteiger partial charge in [-0.1, -0.05) is 23.7 Å². The summed E-state index contributed by atoms with van der Waals surface area (Å²) in [6.45, 7) is 0. The van der Waals surface area contributed by atoms with Crippen molar-refractivity contribution in [3.8, 4) is 0 Å². The molecular weight excluding hydrogens is 282 g/mol. The maximum absolute atomic E-state index is 11.9. The molecule has 0 spiro atoms. The van der Waals surface area contributed by atoms with Gasteiger partial charge in [-0.25, -0.2) is 0 Å². The fraction of sp³-hybridized carbons (Fsp3) is 0.429. The van der Waals surface area contributed by atoms with Gasteiger partial charge in [0, 0.05) is 11.1 Å². The van der Waals surface area contributed by atoms with Crippen LogP contribution in [0.3, 0.4) is 0 Å². The van der Waals surface area contributed by atoms with Crippen molar-refractivity contribution in [2.24, 2.45) is 5.92 Å². The number of esters is 2. The summed E-state index contributed by atoms with van der Waals surface area (Å²) >= 11 is 5.98.